The topological polar surface area (TPSA) is 13.1 Å². The molecule has 0 aliphatic heterocycles. The molecule has 1 heteroatoms. The predicted octanol–water partition coefficient (Wildman–Crippen LogP) is 17.7. The molecule has 1 nitrogen and oxygen atoms in total. The maximum atomic E-state index is 6.75. The molecule has 0 atom stereocenters. The van der Waals surface area contributed by atoms with Crippen LogP contribution in [0.3, 0.4) is 0 Å². The SMILES string of the molecule is c1ccc(-c2c3ccccc3c(-c3ccc4oc5cc(-c6c7ccccc7c(-c7ccc(-c8cccc9ccccc89)cc7)c7ccccc67)ccc5c4c3)c3ccccc23)cc1. The minimum Gasteiger partial charge on any atom is -0.456 e. The second-order valence-electron chi connectivity index (χ2n) is 16.7. The average molecular weight is 799 g/mol. The van der Waals surface area contributed by atoms with E-state index >= 15 is 0 Å². The first-order valence-electron chi connectivity index (χ1n) is 21.7. The highest BCUT2D eigenvalue weighted by Crippen LogP contribution is 2.47. The van der Waals surface area contributed by atoms with Gasteiger partial charge in [0.2, 0.25) is 0 Å². The molecule has 12 aromatic carbocycles. The van der Waals surface area contributed by atoms with Gasteiger partial charge >= 0.3 is 0 Å². The normalized spacial score (nSPS) is 11.8. The molecule has 1 heterocycles. The van der Waals surface area contributed by atoms with Crippen LogP contribution in [0, 0.1) is 0 Å². The molecular weight excluding hydrogens is 761 g/mol. The summed E-state index contributed by atoms with van der Waals surface area (Å²) in [4.78, 5) is 0. The fraction of sp³-hybridized carbons (Fsp3) is 0. The van der Waals surface area contributed by atoms with Crippen molar-refractivity contribution in [1.82, 2.24) is 0 Å². The van der Waals surface area contributed by atoms with Crippen molar-refractivity contribution >= 4 is 75.8 Å². The number of furan rings is 1. The molecule has 0 radical (unpaired) electrons. The molecule has 0 fully saturated rings. The summed E-state index contributed by atoms with van der Waals surface area (Å²) in [5.41, 5.74) is 14.0. The Labute approximate surface area is 364 Å². The molecular formula is C62H38O. The van der Waals surface area contributed by atoms with Crippen molar-refractivity contribution in [2.75, 3.05) is 0 Å². The van der Waals surface area contributed by atoms with Crippen molar-refractivity contribution < 1.29 is 4.42 Å². The van der Waals surface area contributed by atoms with E-state index in [1.807, 2.05) is 0 Å². The quantitative estimate of drug-likeness (QED) is 0.158. The van der Waals surface area contributed by atoms with Gasteiger partial charge in [-0.1, -0.05) is 206 Å². The molecule has 0 spiro atoms. The largest absolute Gasteiger partial charge is 0.456 e. The van der Waals surface area contributed by atoms with Crippen molar-refractivity contribution in [1.29, 1.82) is 0 Å². The Hall–Kier alpha value is -8.26. The van der Waals surface area contributed by atoms with Crippen LogP contribution in [0.4, 0.5) is 0 Å². The highest BCUT2D eigenvalue weighted by Gasteiger charge is 2.20. The van der Waals surface area contributed by atoms with Crippen molar-refractivity contribution in [2.24, 2.45) is 0 Å². The summed E-state index contributed by atoms with van der Waals surface area (Å²) in [6.07, 6.45) is 0. The fourth-order valence-corrected chi connectivity index (χ4v) is 10.5. The zero-order valence-electron chi connectivity index (χ0n) is 34.3. The third-order valence-electron chi connectivity index (χ3n) is 13.2. The number of hydrogen-bond acceptors (Lipinski definition) is 1. The minimum atomic E-state index is 0.884. The van der Waals surface area contributed by atoms with Gasteiger partial charge in [0, 0.05) is 10.8 Å². The molecule has 0 amide bonds. The van der Waals surface area contributed by atoms with Crippen LogP contribution in [-0.4, -0.2) is 0 Å². The summed E-state index contributed by atoms with van der Waals surface area (Å²) in [5, 5.41) is 14.7. The number of rotatable bonds is 5. The van der Waals surface area contributed by atoms with Gasteiger partial charge in [-0.25, -0.2) is 0 Å². The van der Waals surface area contributed by atoms with Crippen LogP contribution in [0.2, 0.25) is 0 Å². The Morgan fingerprint density at radius 1 is 0.206 bits per heavy atom. The number of benzene rings is 12. The second kappa shape index (κ2) is 14.2. The molecule has 0 N–H and O–H groups in total. The second-order valence-corrected chi connectivity index (χ2v) is 16.7. The molecule has 0 aliphatic carbocycles. The molecule has 0 unspecified atom stereocenters. The third-order valence-corrected chi connectivity index (χ3v) is 13.2. The van der Waals surface area contributed by atoms with Crippen LogP contribution in [0.15, 0.2) is 235 Å². The monoisotopic (exact) mass is 798 g/mol. The summed E-state index contributed by atoms with van der Waals surface area (Å²) in [6.45, 7) is 0. The first-order chi connectivity index (χ1) is 31.3. The predicted molar refractivity (Wildman–Crippen MR) is 268 cm³/mol. The van der Waals surface area contributed by atoms with Crippen LogP contribution in [-0.2, 0) is 0 Å². The smallest absolute Gasteiger partial charge is 0.136 e. The van der Waals surface area contributed by atoms with E-state index in [-0.39, 0.29) is 0 Å². The first-order valence-corrected chi connectivity index (χ1v) is 21.7. The van der Waals surface area contributed by atoms with Gasteiger partial charge in [0.1, 0.15) is 11.2 Å². The molecule has 0 bridgehead atoms. The van der Waals surface area contributed by atoms with Crippen molar-refractivity contribution in [3.8, 4) is 55.6 Å². The van der Waals surface area contributed by atoms with E-state index in [9.17, 15) is 0 Å². The van der Waals surface area contributed by atoms with Crippen LogP contribution in [0.25, 0.3) is 131 Å². The zero-order chi connectivity index (χ0) is 41.4. The molecule has 13 aromatic rings. The van der Waals surface area contributed by atoms with Crippen molar-refractivity contribution in [3.05, 3.63) is 231 Å². The highest BCUT2D eigenvalue weighted by atomic mass is 16.3. The Bertz CT molecular complexity index is 3830. The van der Waals surface area contributed by atoms with Crippen LogP contribution in [0.1, 0.15) is 0 Å². The standard InChI is InChI=1S/C62H38O/c1-2-16-41(17-3-1)59-48-20-6-10-24-52(48)61(53-25-11-7-21-49(53)59)43-34-36-57-56(37-43)47-35-33-44(38-58(47)63-57)62-54-26-12-8-22-50(54)60(51-23-9-13-27-55(51)62)42-31-29-40(30-32-42)46-28-14-18-39-15-4-5-19-45(39)46/h1-38H. The Morgan fingerprint density at radius 2 is 0.603 bits per heavy atom. The maximum absolute atomic E-state index is 6.75. The van der Waals surface area contributed by atoms with Crippen molar-refractivity contribution in [3.63, 3.8) is 0 Å². The lowest BCUT2D eigenvalue weighted by atomic mass is 9.85. The van der Waals surface area contributed by atoms with Crippen LogP contribution >= 0.6 is 0 Å². The first kappa shape index (κ1) is 35.5. The summed E-state index contributed by atoms with van der Waals surface area (Å²) >= 11 is 0. The van der Waals surface area contributed by atoms with E-state index in [0.29, 0.717) is 0 Å². The minimum absolute atomic E-state index is 0.884. The summed E-state index contributed by atoms with van der Waals surface area (Å²) in [6, 6.07) is 84.1. The van der Waals surface area contributed by atoms with Gasteiger partial charge in [-0.05, 0) is 134 Å². The lowest BCUT2D eigenvalue weighted by molar-refractivity contribution is 0.669. The van der Waals surface area contributed by atoms with E-state index < -0.39 is 0 Å². The molecule has 292 valence electrons. The summed E-state index contributed by atoms with van der Waals surface area (Å²) in [5.74, 6) is 0. The van der Waals surface area contributed by atoms with Gasteiger partial charge in [-0.3, -0.25) is 0 Å². The molecule has 63 heavy (non-hydrogen) atoms. The number of fused-ring (bicyclic) bond motifs is 8. The van der Waals surface area contributed by atoms with E-state index in [2.05, 4.69) is 231 Å². The average Bonchev–Trinajstić information content (AvgIpc) is 3.72. The summed E-state index contributed by atoms with van der Waals surface area (Å²) in [7, 11) is 0. The Kier molecular flexibility index (Phi) is 7.98. The van der Waals surface area contributed by atoms with E-state index in [4.69, 9.17) is 4.42 Å². The van der Waals surface area contributed by atoms with E-state index in [1.165, 1.54) is 104 Å². The lowest BCUT2D eigenvalue weighted by Gasteiger charge is -2.18. The van der Waals surface area contributed by atoms with Gasteiger partial charge < -0.3 is 4.42 Å². The number of hydrogen-bond donors (Lipinski definition) is 0. The fourth-order valence-electron chi connectivity index (χ4n) is 10.5. The zero-order valence-corrected chi connectivity index (χ0v) is 34.3. The molecule has 1 aromatic heterocycles. The van der Waals surface area contributed by atoms with Gasteiger partial charge in [-0.15, -0.1) is 0 Å². The third kappa shape index (κ3) is 5.57. The van der Waals surface area contributed by atoms with Crippen LogP contribution < -0.4 is 0 Å². The maximum Gasteiger partial charge on any atom is 0.136 e. The molecule has 0 aliphatic rings. The van der Waals surface area contributed by atoms with Crippen LogP contribution in [0.5, 0.6) is 0 Å². The Balaban J connectivity index is 0.958. The van der Waals surface area contributed by atoms with E-state index in [1.54, 1.807) is 0 Å². The molecule has 0 saturated carbocycles. The van der Waals surface area contributed by atoms with Gasteiger partial charge in [-0.2, -0.15) is 0 Å². The Morgan fingerprint density at radius 3 is 1.16 bits per heavy atom. The van der Waals surface area contributed by atoms with Gasteiger partial charge in [0.25, 0.3) is 0 Å². The molecule has 0 saturated heterocycles. The van der Waals surface area contributed by atoms with Gasteiger partial charge in [0.15, 0.2) is 0 Å². The summed E-state index contributed by atoms with van der Waals surface area (Å²) < 4.78 is 6.75. The van der Waals surface area contributed by atoms with E-state index in [0.717, 1.165) is 27.5 Å². The van der Waals surface area contributed by atoms with Crippen molar-refractivity contribution in [2.45, 2.75) is 0 Å². The lowest BCUT2D eigenvalue weighted by Crippen LogP contribution is -1.91. The highest BCUT2D eigenvalue weighted by molar-refractivity contribution is 6.24. The molecule has 13 rings (SSSR count). The van der Waals surface area contributed by atoms with Gasteiger partial charge in [0.05, 0.1) is 0 Å².